The first-order valence-corrected chi connectivity index (χ1v) is 4.39. The molecule has 0 radical (unpaired) electrons. The summed E-state index contributed by atoms with van der Waals surface area (Å²) in [6, 6.07) is -0.324. The summed E-state index contributed by atoms with van der Waals surface area (Å²) in [5.74, 6) is -0.481. The Hall–Kier alpha value is -0.480. The largest absolute Gasteiger partial charge is 0.324 e. The summed E-state index contributed by atoms with van der Waals surface area (Å²) in [5, 5.41) is 0. The molecule has 0 aromatic carbocycles. The molecule has 12 heavy (non-hydrogen) atoms. The van der Waals surface area contributed by atoms with E-state index in [2.05, 4.69) is 20.9 Å². The van der Waals surface area contributed by atoms with E-state index in [1.165, 1.54) is 6.20 Å². The van der Waals surface area contributed by atoms with Gasteiger partial charge >= 0.3 is 0 Å². The number of hydrogen-bond donors (Lipinski definition) is 1. The van der Waals surface area contributed by atoms with Gasteiger partial charge in [-0.2, -0.15) is 4.39 Å². The molecule has 0 amide bonds. The molecule has 66 valence electrons. The molecule has 0 aliphatic heterocycles. The summed E-state index contributed by atoms with van der Waals surface area (Å²) >= 11 is 3.26. The lowest BCUT2D eigenvalue weighted by molar-refractivity contribution is 0.549. The van der Waals surface area contributed by atoms with Gasteiger partial charge in [0.25, 0.3) is 0 Å². The predicted octanol–water partition coefficient (Wildman–Crippen LogP) is 2.31. The van der Waals surface area contributed by atoms with Gasteiger partial charge in [0.1, 0.15) is 0 Å². The molecule has 1 unspecified atom stereocenters. The van der Waals surface area contributed by atoms with E-state index in [4.69, 9.17) is 5.73 Å². The molecule has 2 nitrogen and oxygen atoms in total. The molecule has 1 aromatic rings. The second-order valence-electron chi connectivity index (χ2n) is 2.72. The van der Waals surface area contributed by atoms with Crippen molar-refractivity contribution in [3.63, 3.8) is 0 Å². The van der Waals surface area contributed by atoms with Gasteiger partial charge in [-0.25, -0.2) is 4.98 Å². The van der Waals surface area contributed by atoms with E-state index in [0.717, 1.165) is 10.0 Å². The lowest BCUT2D eigenvalue weighted by Crippen LogP contribution is -2.11. The molecule has 1 atom stereocenters. The Morgan fingerprint density at radius 3 is 2.67 bits per heavy atom. The quantitative estimate of drug-likeness (QED) is 0.756. The van der Waals surface area contributed by atoms with Crippen LogP contribution in [0.5, 0.6) is 0 Å². The highest BCUT2D eigenvalue weighted by molar-refractivity contribution is 9.10. The van der Waals surface area contributed by atoms with Gasteiger partial charge in [-0.1, -0.05) is 0 Å². The van der Waals surface area contributed by atoms with Gasteiger partial charge in [-0.05, 0) is 35.3 Å². The Labute approximate surface area is 79.1 Å². The van der Waals surface area contributed by atoms with Crippen molar-refractivity contribution >= 4 is 15.9 Å². The van der Waals surface area contributed by atoms with Crippen molar-refractivity contribution in [2.45, 2.75) is 19.9 Å². The van der Waals surface area contributed by atoms with Crippen molar-refractivity contribution in [1.29, 1.82) is 0 Å². The van der Waals surface area contributed by atoms with Gasteiger partial charge in [-0.15, -0.1) is 0 Å². The Morgan fingerprint density at radius 2 is 2.25 bits per heavy atom. The van der Waals surface area contributed by atoms with Crippen LogP contribution >= 0.6 is 15.9 Å². The summed E-state index contributed by atoms with van der Waals surface area (Å²) in [7, 11) is 0. The molecule has 1 aromatic heterocycles. The Balaban J connectivity index is 3.33. The fourth-order valence-electron chi connectivity index (χ4n) is 1.09. The standard InChI is InChI=1S/C8H10BrFN2/c1-4-6(9)3-12-8(10)7(4)5(2)11/h3,5H,11H2,1-2H3. The molecule has 1 heterocycles. The number of hydrogen-bond acceptors (Lipinski definition) is 2. The second-order valence-corrected chi connectivity index (χ2v) is 3.58. The van der Waals surface area contributed by atoms with Crippen LogP contribution in [-0.2, 0) is 0 Å². The number of rotatable bonds is 1. The fourth-order valence-corrected chi connectivity index (χ4v) is 1.41. The first kappa shape index (κ1) is 9.61. The summed E-state index contributed by atoms with van der Waals surface area (Å²) < 4.78 is 13.9. The van der Waals surface area contributed by atoms with Gasteiger partial charge in [0.05, 0.1) is 0 Å². The maximum absolute atomic E-state index is 13.1. The van der Waals surface area contributed by atoms with E-state index in [1.807, 2.05) is 6.92 Å². The van der Waals surface area contributed by atoms with E-state index in [-0.39, 0.29) is 6.04 Å². The average Bonchev–Trinajstić information content (AvgIpc) is 1.97. The number of nitrogens with two attached hydrogens (primary N) is 1. The van der Waals surface area contributed by atoms with Crippen LogP contribution < -0.4 is 5.73 Å². The Bertz CT molecular complexity index is 299. The molecule has 0 saturated carbocycles. The third-order valence-electron chi connectivity index (χ3n) is 1.73. The molecule has 2 N–H and O–H groups in total. The molecule has 0 saturated heterocycles. The molecule has 0 fully saturated rings. The van der Waals surface area contributed by atoms with Gasteiger partial charge in [-0.3, -0.25) is 0 Å². The molecular weight excluding hydrogens is 223 g/mol. The van der Waals surface area contributed by atoms with E-state index >= 15 is 0 Å². The van der Waals surface area contributed by atoms with E-state index in [1.54, 1.807) is 6.92 Å². The third kappa shape index (κ3) is 1.64. The number of halogens is 2. The van der Waals surface area contributed by atoms with Crippen LogP contribution in [0.1, 0.15) is 24.1 Å². The van der Waals surface area contributed by atoms with Crippen LogP contribution in [0.15, 0.2) is 10.7 Å². The molecule has 0 aliphatic carbocycles. The minimum Gasteiger partial charge on any atom is -0.324 e. The lowest BCUT2D eigenvalue weighted by atomic mass is 10.1. The van der Waals surface area contributed by atoms with Crippen molar-refractivity contribution in [2.75, 3.05) is 0 Å². The highest BCUT2D eigenvalue weighted by atomic mass is 79.9. The molecular formula is C8H10BrFN2. The van der Waals surface area contributed by atoms with E-state index < -0.39 is 5.95 Å². The normalized spacial score (nSPS) is 13.1. The van der Waals surface area contributed by atoms with E-state index in [9.17, 15) is 4.39 Å². The fraction of sp³-hybridized carbons (Fsp3) is 0.375. The number of nitrogens with zero attached hydrogens (tertiary/aromatic N) is 1. The Morgan fingerprint density at radius 1 is 1.67 bits per heavy atom. The zero-order chi connectivity index (χ0) is 9.30. The third-order valence-corrected chi connectivity index (χ3v) is 2.53. The van der Waals surface area contributed by atoms with Crippen molar-refractivity contribution in [2.24, 2.45) is 5.73 Å². The minimum absolute atomic E-state index is 0.324. The number of aromatic nitrogens is 1. The van der Waals surface area contributed by atoms with Crippen molar-refractivity contribution in [3.05, 3.63) is 27.7 Å². The smallest absolute Gasteiger partial charge is 0.217 e. The maximum atomic E-state index is 13.1. The number of pyridine rings is 1. The van der Waals surface area contributed by atoms with Gasteiger partial charge < -0.3 is 5.73 Å². The van der Waals surface area contributed by atoms with Gasteiger partial charge in [0, 0.05) is 22.3 Å². The zero-order valence-corrected chi connectivity index (χ0v) is 8.52. The minimum atomic E-state index is -0.481. The monoisotopic (exact) mass is 232 g/mol. The molecule has 1 rings (SSSR count). The van der Waals surface area contributed by atoms with Crippen LogP contribution in [0, 0.1) is 12.9 Å². The summed E-state index contributed by atoms with van der Waals surface area (Å²) in [6.45, 7) is 3.55. The molecule has 0 spiro atoms. The molecule has 4 heteroatoms. The van der Waals surface area contributed by atoms with Crippen molar-refractivity contribution in [1.82, 2.24) is 4.98 Å². The van der Waals surface area contributed by atoms with Crippen molar-refractivity contribution in [3.8, 4) is 0 Å². The van der Waals surface area contributed by atoms with Gasteiger partial charge in [0.15, 0.2) is 0 Å². The summed E-state index contributed by atoms with van der Waals surface area (Å²) in [4.78, 5) is 3.57. The topological polar surface area (TPSA) is 38.9 Å². The highest BCUT2D eigenvalue weighted by Gasteiger charge is 2.13. The van der Waals surface area contributed by atoms with Crippen molar-refractivity contribution < 1.29 is 4.39 Å². The van der Waals surface area contributed by atoms with Gasteiger partial charge in [0.2, 0.25) is 5.95 Å². The van der Waals surface area contributed by atoms with Crippen LogP contribution in [0.2, 0.25) is 0 Å². The summed E-state index contributed by atoms with van der Waals surface area (Å²) in [6.07, 6.45) is 1.44. The second kappa shape index (κ2) is 3.49. The van der Waals surface area contributed by atoms with E-state index in [0.29, 0.717) is 5.56 Å². The Kier molecular flexibility index (Phi) is 2.80. The maximum Gasteiger partial charge on any atom is 0.217 e. The predicted molar refractivity (Wildman–Crippen MR) is 49.2 cm³/mol. The first-order valence-electron chi connectivity index (χ1n) is 3.60. The zero-order valence-electron chi connectivity index (χ0n) is 6.94. The highest BCUT2D eigenvalue weighted by Crippen LogP contribution is 2.24. The van der Waals surface area contributed by atoms with Crippen LogP contribution in [0.25, 0.3) is 0 Å². The molecule has 0 bridgehead atoms. The first-order chi connectivity index (χ1) is 5.54. The van der Waals surface area contributed by atoms with Crippen LogP contribution in [0.4, 0.5) is 4.39 Å². The summed E-state index contributed by atoms with van der Waals surface area (Å²) in [5.41, 5.74) is 6.88. The lowest BCUT2D eigenvalue weighted by Gasteiger charge is -2.10. The van der Waals surface area contributed by atoms with Crippen LogP contribution in [-0.4, -0.2) is 4.98 Å². The average molecular weight is 233 g/mol. The SMILES string of the molecule is Cc1c(Br)cnc(F)c1C(C)N. The molecule has 0 aliphatic rings. The van der Waals surface area contributed by atoms with Crippen LogP contribution in [0.3, 0.4) is 0 Å².